The number of carbonyl (C=O) groups is 3. The van der Waals surface area contributed by atoms with Crippen molar-refractivity contribution >= 4 is 34.6 Å². The normalized spacial score (nSPS) is 22.6. The lowest BCUT2D eigenvalue weighted by molar-refractivity contribution is -0.163. The van der Waals surface area contributed by atoms with Gasteiger partial charge in [-0.3, -0.25) is 10.1 Å². The summed E-state index contributed by atoms with van der Waals surface area (Å²) >= 11 is 0. The van der Waals surface area contributed by atoms with Crippen molar-refractivity contribution in [1.82, 2.24) is 4.90 Å². The zero-order chi connectivity index (χ0) is 25.8. The number of halogens is 3. The van der Waals surface area contributed by atoms with Crippen molar-refractivity contribution in [2.75, 3.05) is 11.9 Å². The van der Waals surface area contributed by atoms with Crippen LogP contribution in [-0.2, 0) is 20.5 Å². The molecule has 0 radical (unpaired) electrons. The van der Waals surface area contributed by atoms with E-state index in [0.29, 0.717) is 6.07 Å². The molecule has 3 heterocycles. The minimum atomic E-state index is -4.79. The van der Waals surface area contributed by atoms with Gasteiger partial charge >= 0.3 is 23.9 Å². The molecule has 13 heteroatoms. The van der Waals surface area contributed by atoms with Crippen LogP contribution in [0, 0.1) is 11.8 Å². The quantitative estimate of drug-likeness (QED) is 0.423. The second-order valence-electron chi connectivity index (χ2n) is 8.32. The van der Waals surface area contributed by atoms with E-state index in [0.717, 1.165) is 23.1 Å². The first kappa shape index (κ1) is 24.3. The van der Waals surface area contributed by atoms with Crippen LogP contribution in [0.1, 0.15) is 19.4 Å². The molecule has 1 aromatic carbocycles. The fourth-order valence-corrected chi connectivity index (χ4v) is 4.61. The van der Waals surface area contributed by atoms with Crippen LogP contribution in [-0.4, -0.2) is 51.8 Å². The Morgan fingerprint density at radius 2 is 1.94 bits per heavy atom. The van der Waals surface area contributed by atoms with Crippen molar-refractivity contribution in [2.45, 2.75) is 32.2 Å². The second kappa shape index (κ2) is 8.41. The van der Waals surface area contributed by atoms with Gasteiger partial charge in [0.05, 0.1) is 23.6 Å². The first-order valence-corrected chi connectivity index (χ1v) is 10.4. The first-order valence-electron chi connectivity index (χ1n) is 10.4. The standard InChI is InChI=1S/C22H19F3N2O8/c1-8-12(18(20(31)32)27-17(8)16(9(2)28)19(27)30)7-34-21(33)26-10-3-4-11-13(22(23,24)25)6-15(29)35-14(11)5-10/h3-6,8-9,16-17,28H,7H2,1-2H3,(H,26,33)(H,31,32)/t8-,9+,16+,17-/m0/s1. The number of fused-ring (bicyclic) bond motifs is 2. The fraction of sp³-hybridized carbons (Fsp3) is 0.364. The van der Waals surface area contributed by atoms with Crippen LogP contribution in [0.3, 0.4) is 0 Å². The van der Waals surface area contributed by atoms with Crippen molar-refractivity contribution in [3.63, 3.8) is 0 Å². The number of carboxylic acid groups (broad SMARTS) is 1. The highest BCUT2D eigenvalue weighted by molar-refractivity contribution is 6.00. The fourth-order valence-electron chi connectivity index (χ4n) is 4.61. The van der Waals surface area contributed by atoms with E-state index >= 15 is 0 Å². The highest BCUT2D eigenvalue weighted by Gasteiger charge is 2.59. The zero-order valence-electron chi connectivity index (χ0n) is 18.3. The summed E-state index contributed by atoms with van der Waals surface area (Å²) in [4.78, 5) is 49.0. The number of nitrogens with one attached hydrogen (secondary N) is 1. The minimum Gasteiger partial charge on any atom is -0.477 e. The van der Waals surface area contributed by atoms with Gasteiger partial charge in [-0.25, -0.2) is 14.4 Å². The zero-order valence-corrected chi connectivity index (χ0v) is 18.3. The number of β-lactam (4-membered cyclic amide) rings is 1. The van der Waals surface area contributed by atoms with Gasteiger partial charge in [0.1, 0.15) is 17.9 Å². The van der Waals surface area contributed by atoms with E-state index in [2.05, 4.69) is 5.32 Å². The topological polar surface area (TPSA) is 146 Å². The molecular formula is C22H19F3N2O8. The summed E-state index contributed by atoms with van der Waals surface area (Å²) in [5, 5.41) is 21.3. The molecule has 0 unspecified atom stereocenters. The third-order valence-electron chi connectivity index (χ3n) is 6.17. The molecule has 1 aromatic heterocycles. The predicted octanol–water partition coefficient (Wildman–Crippen LogP) is 2.56. The number of benzene rings is 1. The molecular weight excluding hydrogens is 477 g/mol. The van der Waals surface area contributed by atoms with Crippen molar-refractivity contribution in [3.8, 4) is 0 Å². The number of carboxylic acids is 1. The summed E-state index contributed by atoms with van der Waals surface area (Å²) in [6.07, 6.45) is -6.84. The minimum absolute atomic E-state index is 0.0370. The van der Waals surface area contributed by atoms with Crippen LogP contribution in [0.25, 0.3) is 11.0 Å². The Balaban J connectivity index is 1.51. The number of aliphatic carboxylic acids is 1. The summed E-state index contributed by atoms with van der Waals surface area (Å²) in [5.41, 5.74) is -2.99. The summed E-state index contributed by atoms with van der Waals surface area (Å²) < 4.78 is 49.4. The SMILES string of the molecule is C[C@@H](O)[C@H]1C(=O)N2C(C(=O)O)=C(COC(=O)Nc3ccc4c(C(F)(F)F)cc(=O)oc4c3)[C@H](C)[C@@H]12. The van der Waals surface area contributed by atoms with Gasteiger partial charge in [0.2, 0.25) is 5.91 Å². The van der Waals surface area contributed by atoms with E-state index in [1.54, 1.807) is 6.92 Å². The molecule has 0 saturated carbocycles. The van der Waals surface area contributed by atoms with Gasteiger partial charge in [-0.1, -0.05) is 6.92 Å². The molecule has 2 aromatic rings. The lowest BCUT2D eigenvalue weighted by Crippen LogP contribution is -2.63. The smallest absolute Gasteiger partial charge is 0.417 e. The molecule has 4 atom stereocenters. The van der Waals surface area contributed by atoms with Gasteiger partial charge < -0.3 is 24.3 Å². The number of nitrogens with zero attached hydrogens (tertiary/aromatic N) is 1. The third-order valence-corrected chi connectivity index (χ3v) is 6.17. The molecule has 2 aliphatic heterocycles. The number of alkyl halides is 3. The van der Waals surface area contributed by atoms with Crippen LogP contribution in [0.15, 0.2) is 44.7 Å². The average Bonchev–Trinajstić information content (AvgIpc) is 2.98. The van der Waals surface area contributed by atoms with Crippen molar-refractivity contribution in [3.05, 3.63) is 51.5 Å². The lowest BCUT2D eigenvalue weighted by atomic mass is 9.78. The molecule has 2 aliphatic rings. The Morgan fingerprint density at radius 3 is 2.54 bits per heavy atom. The molecule has 1 fully saturated rings. The van der Waals surface area contributed by atoms with E-state index in [9.17, 15) is 42.6 Å². The molecule has 3 N–H and O–H groups in total. The number of hydrogen-bond acceptors (Lipinski definition) is 7. The number of rotatable bonds is 5. The molecule has 1 saturated heterocycles. The monoisotopic (exact) mass is 496 g/mol. The van der Waals surface area contributed by atoms with E-state index in [-0.39, 0.29) is 22.3 Å². The van der Waals surface area contributed by atoms with E-state index < -0.39 is 71.5 Å². The Morgan fingerprint density at radius 1 is 1.26 bits per heavy atom. The van der Waals surface area contributed by atoms with Crippen molar-refractivity contribution in [2.24, 2.45) is 11.8 Å². The van der Waals surface area contributed by atoms with E-state index in [1.807, 2.05) is 0 Å². The van der Waals surface area contributed by atoms with Gasteiger partial charge in [-0.15, -0.1) is 0 Å². The highest BCUT2D eigenvalue weighted by Crippen LogP contribution is 2.47. The van der Waals surface area contributed by atoms with E-state index in [4.69, 9.17) is 9.15 Å². The molecule has 4 rings (SSSR count). The summed E-state index contributed by atoms with van der Waals surface area (Å²) in [6.45, 7) is 2.59. The first-order chi connectivity index (χ1) is 16.3. The predicted molar refractivity (Wildman–Crippen MR) is 112 cm³/mol. The highest BCUT2D eigenvalue weighted by atomic mass is 19.4. The number of hydrogen-bond donors (Lipinski definition) is 3. The Kier molecular flexibility index (Phi) is 5.83. The van der Waals surface area contributed by atoms with Crippen LogP contribution in [0.4, 0.5) is 23.7 Å². The van der Waals surface area contributed by atoms with Gasteiger partial charge in [0.25, 0.3) is 0 Å². The van der Waals surface area contributed by atoms with Gasteiger partial charge in [0.15, 0.2) is 0 Å². The largest absolute Gasteiger partial charge is 0.477 e. The molecule has 0 aliphatic carbocycles. The van der Waals surface area contributed by atoms with Crippen molar-refractivity contribution < 1.29 is 46.9 Å². The number of carbonyl (C=O) groups excluding carboxylic acids is 2. The maximum Gasteiger partial charge on any atom is 0.417 e. The molecule has 10 nitrogen and oxygen atoms in total. The number of anilines is 1. The Labute approximate surface area is 194 Å². The van der Waals surface area contributed by atoms with Crippen LogP contribution in [0.2, 0.25) is 0 Å². The maximum atomic E-state index is 13.2. The summed E-state index contributed by atoms with van der Waals surface area (Å²) in [6, 6.07) is 2.94. The van der Waals surface area contributed by atoms with E-state index in [1.165, 1.54) is 6.92 Å². The second-order valence-corrected chi connectivity index (χ2v) is 8.32. The molecule has 186 valence electrons. The molecule has 0 bridgehead atoms. The van der Waals surface area contributed by atoms with Gasteiger partial charge in [-0.05, 0) is 19.1 Å². The molecule has 35 heavy (non-hydrogen) atoms. The van der Waals surface area contributed by atoms with Crippen LogP contribution < -0.4 is 10.9 Å². The summed E-state index contributed by atoms with van der Waals surface area (Å²) in [5.74, 6) is -3.22. The van der Waals surface area contributed by atoms with Crippen LogP contribution in [0.5, 0.6) is 0 Å². The van der Waals surface area contributed by atoms with Crippen LogP contribution >= 0.6 is 0 Å². The number of aliphatic hydroxyl groups is 1. The molecule has 2 amide bonds. The lowest BCUT2D eigenvalue weighted by Gasteiger charge is -2.46. The maximum absolute atomic E-state index is 13.2. The molecule has 0 spiro atoms. The van der Waals surface area contributed by atoms with Gasteiger partial charge in [-0.2, -0.15) is 13.2 Å². The Bertz CT molecular complexity index is 1330. The number of ether oxygens (including phenoxy) is 1. The van der Waals surface area contributed by atoms with Gasteiger partial charge in [0, 0.05) is 34.7 Å². The third kappa shape index (κ3) is 4.11. The summed E-state index contributed by atoms with van der Waals surface area (Å²) in [7, 11) is 0. The van der Waals surface area contributed by atoms with Crippen molar-refractivity contribution in [1.29, 1.82) is 0 Å². The number of aliphatic hydroxyl groups excluding tert-OH is 1. The Hall–Kier alpha value is -3.87. The average molecular weight is 496 g/mol. The number of amides is 2.